The van der Waals surface area contributed by atoms with Crippen LogP contribution in [0.4, 0.5) is 0 Å². The van der Waals surface area contributed by atoms with Gasteiger partial charge in [0.15, 0.2) is 0 Å². The normalized spacial score (nSPS) is 12.0. The first-order valence-electron chi connectivity index (χ1n) is 7.14. The lowest BCUT2D eigenvalue weighted by Gasteiger charge is -2.23. The molecule has 1 aromatic heterocycles. The van der Waals surface area contributed by atoms with Crippen LogP contribution in [0.25, 0.3) is 22.0 Å². The quantitative estimate of drug-likeness (QED) is 0.668. The van der Waals surface area contributed by atoms with Crippen LogP contribution >= 0.6 is 11.6 Å². The van der Waals surface area contributed by atoms with Gasteiger partial charge in [0.1, 0.15) is 5.75 Å². The maximum atomic E-state index is 10.3. The minimum Gasteiger partial charge on any atom is -0.508 e. The average molecular weight is 316 g/mol. The third kappa shape index (κ3) is 2.47. The highest BCUT2D eigenvalue weighted by Crippen LogP contribution is 2.37. The second-order valence-electron chi connectivity index (χ2n) is 6.17. The summed E-state index contributed by atoms with van der Waals surface area (Å²) in [5.74, 6) is 0.168. The van der Waals surface area contributed by atoms with Gasteiger partial charge in [0.25, 0.3) is 0 Å². The first-order valence-corrected chi connectivity index (χ1v) is 7.51. The second kappa shape index (κ2) is 5.34. The van der Waals surface area contributed by atoms with Crippen LogP contribution in [-0.4, -0.2) is 21.8 Å². The Hall–Kier alpha value is -1.97. The van der Waals surface area contributed by atoms with Crippen LogP contribution in [0.2, 0.25) is 5.02 Å². The number of aromatic hydroxyl groups is 1. The van der Waals surface area contributed by atoms with Crippen molar-refractivity contribution in [3.63, 3.8) is 0 Å². The van der Waals surface area contributed by atoms with Crippen molar-refractivity contribution in [2.75, 3.05) is 6.61 Å². The zero-order valence-corrected chi connectivity index (χ0v) is 13.3. The van der Waals surface area contributed by atoms with E-state index >= 15 is 0 Å². The fourth-order valence-electron chi connectivity index (χ4n) is 2.65. The van der Waals surface area contributed by atoms with Gasteiger partial charge >= 0.3 is 0 Å². The van der Waals surface area contributed by atoms with Gasteiger partial charge < -0.3 is 15.2 Å². The van der Waals surface area contributed by atoms with Gasteiger partial charge in [-0.1, -0.05) is 37.6 Å². The highest BCUT2D eigenvalue weighted by atomic mass is 35.5. The number of H-pyrrole nitrogens is 1. The number of aliphatic hydroxyl groups is 1. The molecule has 0 atom stereocenters. The van der Waals surface area contributed by atoms with Crippen molar-refractivity contribution in [1.29, 1.82) is 0 Å². The molecule has 0 aliphatic rings. The van der Waals surface area contributed by atoms with Crippen molar-refractivity contribution >= 4 is 22.5 Å². The molecule has 0 saturated heterocycles. The monoisotopic (exact) mass is 315 g/mol. The molecule has 0 spiro atoms. The van der Waals surface area contributed by atoms with Gasteiger partial charge in [-0.2, -0.15) is 0 Å². The highest BCUT2D eigenvalue weighted by Gasteiger charge is 2.23. The fraction of sp³-hybridized carbons (Fsp3) is 0.222. The molecule has 3 nitrogen and oxygen atoms in total. The Kier molecular flexibility index (Phi) is 3.63. The van der Waals surface area contributed by atoms with E-state index in [0.717, 1.165) is 27.6 Å². The molecule has 3 aromatic rings. The number of nitrogens with one attached hydrogen (secondary N) is 1. The topological polar surface area (TPSA) is 56.2 Å². The Morgan fingerprint density at radius 3 is 2.59 bits per heavy atom. The molecule has 0 unspecified atom stereocenters. The predicted octanol–water partition coefficient (Wildman–Crippen LogP) is 4.46. The molecular weight excluding hydrogens is 298 g/mol. The van der Waals surface area contributed by atoms with E-state index in [0.29, 0.717) is 5.02 Å². The number of rotatable bonds is 3. The molecule has 4 heteroatoms. The highest BCUT2D eigenvalue weighted by molar-refractivity contribution is 6.34. The third-order valence-corrected chi connectivity index (χ3v) is 4.39. The van der Waals surface area contributed by atoms with Crippen molar-refractivity contribution in [2.24, 2.45) is 0 Å². The third-order valence-electron chi connectivity index (χ3n) is 4.07. The molecule has 0 saturated carbocycles. The number of phenolic OH excluding ortho intramolecular Hbond substituents is 1. The summed E-state index contributed by atoms with van der Waals surface area (Å²) in [6.07, 6.45) is 1.87. The summed E-state index contributed by atoms with van der Waals surface area (Å²) in [5, 5.41) is 21.5. The van der Waals surface area contributed by atoms with Gasteiger partial charge in [-0.25, -0.2) is 0 Å². The molecule has 0 aliphatic heterocycles. The summed E-state index contributed by atoms with van der Waals surface area (Å²) in [4.78, 5) is 3.13. The molecule has 2 aromatic carbocycles. The first kappa shape index (κ1) is 14.9. The number of hydrogen-bond acceptors (Lipinski definition) is 2. The molecule has 0 aliphatic carbocycles. The molecule has 0 fully saturated rings. The van der Waals surface area contributed by atoms with Crippen LogP contribution < -0.4 is 0 Å². The number of fused-ring (bicyclic) bond motifs is 1. The van der Waals surface area contributed by atoms with E-state index < -0.39 is 5.41 Å². The molecular formula is C18H18ClNO2. The van der Waals surface area contributed by atoms with Crippen molar-refractivity contribution in [2.45, 2.75) is 19.3 Å². The molecule has 3 N–H and O–H groups in total. The number of hydrogen-bond donors (Lipinski definition) is 3. The van der Waals surface area contributed by atoms with Crippen LogP contribution in [0.15, 0.2) is 42.6 Å². The number of halogens is 1. The average Bonchev–Trinajstić information content (AvgIpc) is 2.93. The number of aromatic nitrogens is 1. The zero-order valence-electron chi connectivity index (χ0n) is 12.5. The summed E-state index contributed by atoms with van der Waals surface area (Å²) in [5.41, 5.74) is 2.94. The van der Waals surface area contributed by atoms with E-state index in [1.165, 1.54) is 0 Å². The van der Waals surface area contributed by atoms with E-state index in [2.05, 4.69) is 4.98 Å². The minimum atomic E-state index is -0.489. The van der Waals surface area contributed by atoms with Gasteiger partial charge in [-0.3, -0.25) is 0 Å². The van der Waals surface area contributed by atoms with E-state index in [9.17, 15) is 10.2 Å². The number of benzene rings is 2. The van der Waals surface area contributed by atoms with Gasteiger partial charge in [0, 0.05) is 33.6 Å². The van der Waals surface area contributed by atoms with Gasteiger partial charge in [0.05, 0.1) is 11.6 Å². The maximum absolute atomic E-state index is 10.3. The summed E-state index contributed by atoms with van der Waals surface area (Å²) in [7, 11) is 0. The summed E-state index contributed by atoms with van der Waals surface area (Å²) in [6, 6.07) is 11.3. The first-order chi connectivity index (χ1) is 10.4. The van der Waals surface area contributed by atoms with Crippen molar-refractivity contribution in [3.05, 3.63) is 53.2 Å². The Morgan fingerprint density at radius 2 is 1.91 bits per heavy atom. The van der Waals surface area contributed by atoms with Crippen molar-refractivity contribution in [1.82, 2.24) is 4.98 Å². The standard InChI is InChI=1S/C18H18ClNO2/c1-18(2,10-21)14-4-3-11(8-17(14)22)13-7-12-5-6-20-16(12)9-15(13)19/h3-9,20-22H,10H2,1-2H3. The molecule has 1 heterocycles. The van der Waals surface area contributed by atoms with E-state index in [-0.39, 0.29) is 12.4 Å². The predicted molar refractivity (Wildman–Crippen MR) is 90.5 cm³/mol. The van der Waals surface area contributed by atoms with Crippen LogP contribution in [0, 0.1) is 0 Å². The second-order valence-corrected chi connectivity index (χ2v) is 6.58. The molecule has 0 amide bonds. The Morgan fingerprint density at radius 1 is 1.14 bits per heavy atom. The molecule has 22 heavy (non-hydrogen) atoms. The number of phenols is 1. The molecule has 114 valence electrons. The lowest BCUT2D eigenvalue weighted by molar-refractivity contribution is 0.215. The fourth-order valence-corrected chi connectivity index (χ4v) is 2.92. The molecule has 3 rings (SSSR count). The summed E-state index contributed by atoms with van der Waals surface area (Å²) in [6.45, 7) is 3.75. The van der Waals surface area contributed by atoms with Gasteiger partial charge in [0.2, 0.25) is 0 Å². The number of aliphatic hydroxyl groups excluding tert-OH is 1. The van der Waals surface area contributed by atoms with Crippen molar-refractivity contribution < 1.29 is 10.2 Å². The summed E-state index contributed by atoms with van der Waals surface area (Å²) < 4.78 is 0. The van der Waals surface area contributed by atoms with Gasteiger partial charge in [-0.05, 0) is 29.8 Å². The summed E-state index contributed by atoms with van der Waals surface area (Å²) >= 11 is 6.36. The zero-order chi connectivity index (χ0) is 15.9. The van der Waals surface area contributed by atoms with Crippen LogP contribution in [0.3, 0.4) is 0 Å². The largest absolute Gasteiger partial charge is 0.508 e. The Balaban J connectivity index is 2.11. The van der Waals surface area contributed by atoms with Crippen molar-refractivity contribution in [3.8, 4) is 16.9 Å². The van der Waals surface area contributed by atoms with E-state index in [1.54, 1.807) is 6.07 Å². The minimum absolute atomic E-state index is 0.0318. The lowest BCUT2D eigenvalue weighted by atomic mass is 9.84. The van der Waals surface area contributed by atoms with E-state index in [4.69, 9.17) is 11.6 Å². The SMILES string of the molecule is CC(C)(CO)c1ccc(-c2cc3cc[nH]c3cc2Cl)cc1O. The Bertz CT molecular complexity index is 836. The Labute approximate surface area is 134 Å². The smallest absolute Gasteiger partial charge is 0.120 e. The molecule has 0 bridgehead atoms. The van der Waals surface area contributed by atoms with Crippen LogP contribution in [0.5, 0.6) is 5.75 Å². The van der Waals surface area contributed by atoms with Crippen LogP contribution in [-0.2, 0) is 5.41 Å². The maximum Gasteiger partial charge on any atom is 0.120 e. The molecule has 0 radical (unpaired) electrons. The number of aromatic amines is 1. The van der Waals surface area contributed by atoms with Crippen LogP contribution in [0.1, 0.15) is 19.4 Å². The lowest BCUT2D eigenvalue weighted by Crippen LogP contribution is -2.22. The van der Waals surface area contributed by atoms with E-state index in [1.807, 2.05) is 50.4 Å². The van der Waals surface area contributed by atoms with Gasteiger partial charge in [-0.15, -0.1) is 0 Å².